The van der Waals surface area contributed by atoms with Crippen LogP contribution in [0.2, 0.25) is 0 Å². The van der Waals surface area contributed by atoms with Gasteiger partial charge < -0.3 is 5.41 Å². The Morgan fingerprint density at radius 2 is 1.60 bits per heavy atom. The third-order valence-electron chi connectivity index (χ3n) is 2.69. The molecule has 1 aliphatic carbocycles. The van der Waals surface area contributed by atoms with Gasteiger partial charge in [0.2, 0.25) is 0 Å². The summed E-state index contributed by atoms with van der Waals surface area (Å²) in [7, 11) is 0. The van der Waals surface area contributed by atoms with Crippen molar-refractivity contribution < 1.29 is 0 Å². The van der Waals surface area contributed by atoms with E-state index in [0.717, 1.165) is 10.4 Å². The molecule has 2 aromatic rings. The minimum atomic E-state index is 0.317. The van der Waals surface area contributed by atoms with Crippen LogP contribution in [0, 0.1) is 6.42 Å². The van der Waals surface area contributed by atoms with E-state index in [0.29, 0.717) is 5.71 Å². The second kappa shape index (κ2) is 2.99. The van der Waals surface area contributed by atoms with E-state index in [1.165, 1.54) is 10.8 Å². The number of benzene rings is 2. The van der Waals surface area contributed by atoms with Crippen LogP contribution >= 0.6 is 0 Å². The van der Waals surface area contributed by atoms with Crippen LogP contribution in [0.1, 0.15) is 0 Å². The molecule has 1 aliphatic rings. The quantitative estimate of drug-likeness (QED) is 0.565. The summed E-state index contributed by atoms with van der Waals surface area (Å²) in [5.74, 6) is 0. The van der Waals surface area contributed by atoms with Crippen molar-refractivity contribution in [3.63, 3.8) is 0 Å². The Kier molecular flexibility index (Phi) is 1.65. The smallest absolute Gasteiger partial charge is 0.0905 e. The van der Waals surface area contributed by atoms with Crippen molar-refractivity contribution in [2.24, 2.45) is 0 Å². The lowest BCUT2D eigenvalue weighted by molar-refractivity contribution is 1.56. The maximum absolute atomic E-state index is 9.40. The van der Waals surface area contributed by atoms with Gasteiger partial charge in [0.1, 0.15) is 0 Å². The third-order valence-corrected chi connectivity index (χ3v) is 2.69. The van der Waals surface area contributed by atoms with E-state index in [-0.39, 0.29) is 0 Å². The average Bonchev–Trinajstić information content (AvgIpc) is 2.26. The van der Waals surface area contributed by atoms with Gasteiger partial charge in [-0.05, 0) is 22.6 Å². The van der Waals surface area contributed by atoms with Crippen molar-refractivity contribution in [3.8, 4) is 0 Å². The van der Waals surface area contributed by atoms with Crippen LogP contribution in [-0.2, 0) is 0 Å². The number of nitrogens with zero attached hydrogens (tertiary/aromatic N) is 1. The number of hydrogen-bond donors (Lipinski definition) is 0. The van der Waals surface area contributed by atoms with Gasteiger partial charge in [-0.2, -0.15) is 0 Å². The summed E-state index contributed by atoms with van der Waals surface area (Å²) < 4.78 is 0. The number of hydrogen-bond acceptors (Lipinski definition) is 0. The molecule has 0 atom stereocenters. The molecular weight excluding hydrogens is 182 g/mol. The molecule has 0 bridgehead atoms. The molecule has 1 nitrogen and oxygen atoms in total. The minimum Gasteiger partial charge on any atom is -0.779 e. The Bertz CT molecular complexity index is 665. The molecular formula is C14H9N. The zero-order valence-electron chi connectivity index (χ0n) is 8.14. The average molecular weight is 191 g/mol. The molecule has 0 aromatic heterocycles. The highest BCUT2D eigenvalue weighted by Crippen LogP contribution is 2.08. The predicted molar refractivity (Wildman–Crippen MR) is 64.8 cm³/mol. The maximum Gasteiger partial charge on any atom is 0.0905 e. The lowest BCUT2D eigenvalue weighted by Gasteiger charge is -2.01. The van der Waals surface area contributed by atoms with Crippen molar-refractivity contribution in [2.75, 3.05) is 0 Å². The van der Waals surface area contributed by atoms with Gasteiger partial charge in [0, 0.05) is 18.6 Å². The standard InChI is InChI=1S/C14H9N/c15-14-6-5-12-7-10-3-1-2-4-11(10)8-13(12)9-14/h1-9H. The first kappa shape index (κ1) is 8.30. The zero-order valence-corrected chi connectivity index (χ0v) is 8.14. The molecule has 0 aliphatic heterocycles. The monoisotopic (exact) mass is 191 g/mol. The van der Waals surface area contributed by atoms with E-state index in [1.807, 2.05) is 18.2 Å². The fraction of sp³-hybridized carbons (Fsp3) is 0. The fourth-order valence-corrected chi connectivity index (χ4v) is 1.93. The Labute approximate surface area is 87.9 Å². The summed E-state index contributed by atoms with van der Waals surface area (Å²) in [5, 5.41) is 14.1. The fourth-order valence-electron chi connectivity index (χ4n) is 1.93. The van der Waals surface area contributed by atoms with Gasteiger partial charge in [0.05, 0.1) is 16.5 Å². The molecule has 3 rings (SSSR count). The molecule has 0 amide bonds. The molecule has 0 heterocycles. The van der Waals surface area contributed by atoms with Crippen molar-refractivity contribution in [3.05, 3.63) is 58.7 Å². The summed E-state index contributed by atoms with van der Waals surface area (Å²) in [6, 6.07) is 12.5. The third kappa shape index (κ3) is 1.33. The Morgan fingerprint density at radius 1 is 0.933 bits per heavy atom. The summed E-state index contributed by atoms with van der Waals surface area (Å²) in [4.78, 5) is 0. The van der Waals surface area contributed by atoms with Gasteiger partial charge in [0.25, 0.3) is 0 Å². The normalized spacial score (nSPS) is 13.7. The summed E-state index contributed by atoms with van der Waals surface area (Å²) in [6.07, 6.45) is 5.45. The van der Waals surface area contributed by atoms with E-state index < -0.39 is 0 Å². The molecule has 2 aromatic carbocycles. The predicted octanol–water partition coefficient (Wildman–Crippen LogP) is 1.63. The molecule has 0 radical (unpaired) electrons. The summed E-state index contributed by atoms with van der Waals surface area (Å²) in [6.45, 7) is 0. The largest absolute Gasteiger partial charge is 0.779 e. The van der Waals surface area contributed by atoms with Crippen LogP contribution in [0.5, 0.6) is 0 Å². The Balaban J connectivity index is 2.49. The van der Waals surface area contributed by atoms with Crippen molar-refractivity contribution >= 4 is 28.6 Å². The molecule has 0 spiro atoms. The maximum atomic E-state index is 9.40. The highest BCUT2D eigenvalue weighted by Gasteiger charge is 2.03. The first-order chi connectivity index (χ1) is 7.33. The highest BCUT2D eigenvalue weighted by molar-refractivity contribution is 6.21. The van der Waals surface area contributed by atoms with Crippen LogP contribution in [-0.4, -0.2) is 5.71 Å². The van der Waals surface area contributed by atoms with Crippen LogP contribution in [0.25, 0.3) is 28.3 Å². The van der Waals surface area contributed by atoms with Gasteiger partial charge in [-0.3, -0.25) is 0 Å². The van der Waals surface area contributed by atoms with Gasteiger partial charge in [-0.15, -0.1) is 0 Å². The zero-order chi connectivity index (χ0) is 10.3. The second-order valence-corrected chi connectivity index (χ2v) is 3.73. The van der Waals surface area contributed by atoms with Crippen molar-refractivity contribution in [1.29, 1.82) is 0 Å². The van der Waals surface area contributed by atoms with E-state index >= 15 is 0 Å². The topological polar surface area (TPSA) is 22.3 Å². The first-order valence-electron chi connectivity index (χ1n) is 4.94. The van der Waals surface area contributed by atoms with Crippen LogP contribution < -0.4 is 10.4 Å². The first-order valence-corrected chi connectivity index (χ1v) is 4.94. The van der Waals surface area contributed by atoms with Gasteiger partial charge in [-0.25, -0.2) is 0 Å². The van der Waals surface area contributed by atoms with E-state index in [9.17, 15) is 5.41 Å². The van der Waals surface area contributed by atoms with E-state index in [1.54, 1.807) is 12.5 Å². The summed E-state index contributed by atoms with van der Waals surface area (Å²) in [5.41, 5.74) is 0.317. The summed E-state index contributed by atoms with van der Waals surface area (Å²) >= 11 is 0. The molecule has 15 heavy (non-hydrogen) atoms. The Hall–Kier alpha value is -2.02. The SMILES string of the molecule is [N-]=C1C=c2cc3ccccc3cc2=C[CH+]1. The molecule has 0 fully saturated rings. The van der Waals surface area contributed by atoms with Crippen LogP contribution in [0.15, 0.2) is 36.4 Å². The van der Waals surface area contributed by atoms with Gasteiger partial charge in [0.15, 0.2) is 0 Å². The van der Waals surface area contributed by atoms with Crippen LogP contribution in [0.4, 0.5) is 0 Å². The molecule has 0 saturated heterocycles. The number of rotatable bonds is 0. The lowest BCUT2D eigenvalue weighted by Crippen LogP contribution is -2.28. The van der Waals surface area contributed by atoms with E-state index in [4.69, 9.17) is 0 Å². The highest BCUT2D eigenvalue weighted by atomic mass is 14.4. The number of fused-ring (bicyclic) bond motifs is 2. The molecule has 70 valence electrons. The van der Waals surface area contributed by atoms with Gasteiger partial charge in [-0.1, -0.05) is 24.3 Å². The molecule has 0 N–H and O–H groups in total. The minimum absolute atomic E-state index is 0.317. The second-order valence-electron chi connectivity index (χ2n) is 3.73. The molecule has 0 unspecified atom stereocenters. The van der Waals surface area contributed by atoms with Crippen molar-refractivity contribution in [2.45, 2.75) is 0 Å². The lowest BCUT2D eigenvalue weighted by atomic mass is 10.0. The van der Waals surface area contributed by atoms with E-state index in [2.05, 4.69) is 24.3 Å². The molecule has 1 heteroatoms. The van der Waals surface area contributed by atoms with Gasteiger partial charge >= 0.3 is 0 Å². The van der Waals surface area contributed by atoms with Crippen molar-refractivity contribution in [1.82, 2.24) is 0 Å². The molecule has 0 saturated carbocycles. The Morgan fingerprint density at radius 3 is 2.33 bits per heavy atom. The van der Waals surface area contributed by atoms with Crippen LogP contribution in [0.3, 0.4) is 0 Å².